The second-order valence-corrected chi connectivity index (χ2v) is 10.1. The summed E-state index contributed by atoms with van der Waals surface area (Å²) in [5, 5.41) is 0. The van der Waals surface area contributed by atoms with Gasteiger partial charge in [0.15, 0.2) is 11.5 Å². The molecule has 3 rings (SSSR count). The number of fused-ring (bicyclic) bond motifs is 1. The van der Waals surface area contributed by atoms with Crippen LogP contribution in [0.3, 0.4) is 0 Å². The molecule has 0 amide bonds. The van der Waals surface area contributed by atoms with Crippen LogP contribution in [0, 0.1) is 5.92 Å². The Morgan fingerprint density at radius 3 is 2.50 bits per heavy atom. The second kappa shape index (κ2) is 9.54. The summed E-state index contributed by atoms with van der Waals surface area (Å²) in [5.74, 6) is 1.77. The molecule has 2 aliphatic rings. The summed E-state index contributed by atoms with van der Waals surface area (Å²) in [7, 11) is -0.156. The number of nitrogens with one attached hydrogen (secondary N) is 1. The molecule has 1 atom stereocenters. The van der Waals surface area contributed by atoms with Crippen molar-refractivity contribution in [2.45, 2.75) is 46.6 Å². The zero-order chi connectivity index (χ0) is 21.9. The number of ether oxygens (including phenoxy) is 2. The topological polar surface area (TPSA) is 67.9 Å². The first-order chi connectivity index (χ1) is 14.2. The summed E-state index contributed by atoms with van der Waals surface area (Å²) in [6, 6.07) is 4.12. The van der Waals surface area contributed by atoms with Gasteiger partial charge in [-0.05, 0) is 74.4 Å². The van der Waals surface area contributed by atoms with Crippen molar-refractivity contribution in [3.63, 3.8) is 0 Å². The van der Waals surface area contributed by atoms with Gasteiger partial charge in [-0.25, -0.2) is 13.1 Å². The molecule has 1 aromatic carbocycles. The lowest BCUT2D eigenvalue weighted by molar-refractivity contribution is 0.250. The maximum Gasteiger partial charge on any atom is 0.240 e. The average Bonchev–Trinajstić information content (AvgIpc) is 2.72. The zero-order valence-electron chi connectivity index (χ0n) is 18.7. The highest BCUT2D eigenvalue weighted by molar-refractivity contribution is 7.93. The third kappa shape index (κ3) is 5.07. The Bertz CT molecular complexity index is 957. The third-order valence-electron chi connectivity index (χ3n) is 6.10. The average molecular weight is 437 g/mol. The lowest BCUT2D eigenvalue weighted by Gasteiger charge is -2.29. The van der Waals surface area contributed by atoms with Gasteiger partial charge in [0.1, 0.15) is 0 Å². The summed E-state index contributed by atoms with van der Waals surface area (Å²) < 4.78 is 39.2. The first-order valence-electron chi connectivity index (χ1n) is 10.6. The Labute approximate surface area is 182 Å². The highest BCUT2D eigenvalue weighted by Crippen LogP contribution is 2.33. The van der Waals surface area contributed by atoms with Crippen LogP contribution in [-0.4, -0.2) is 47.2 Å². The molecule has 168 valence electrons. The number of hydrogen-bond donors (Lipinski definition) is 1. The van der Waals surface area contributed by atoms with Crippen LogP contribution in [0.5, 0.6) is 11.5 Å². The van der Waals surface area contributed by atoms with Gasteiger partial charge in [0.05, 0.1) is 19.1 Å². The van der Waals surface area contributed by atoms with Crippen molar-refractivity contribution >= 4 is 10.0 Å². The lowest BCUT2D eigenvalue weighted by Crippen LogP contribution is -2.34. The van der Waals surface area contributed by atoms with E-state index in [1.807, 2.05) is 19.9 Å². The fourth-order valence-electron chi connectivity index (χ4n) is 4.30. The molecule has 30 heavy (non-hydrogen) atoms. The number of nitrogens with zero attached hydrogens (tertiary/aromatic N) is 1. The van der Waals surface area contributed by atoms with Crippen LogP contribution < -0.4 is 14.2 Å². The maximum absolute atomic E-state index is 12.8. The molecule has 0 saturated carbocycles. The van der Waals surface area contributed by atoms with Crippen molar-refractivity contribution in [2.24, 2.45) is 5.92 Å². The largest absolute Gasteiger partial charge is 0.493 e. The van der Waals surface area contributed by atoms with Gasteiger partial charge in [-0.15, -0.1) is 0 Å². The Hall–Kier alpha value is -1.83. The van der Waals surface area contributed by atoms with E-state index in [1.54, 1.807) is 14.2 Å². The molecule has 1 aliphatic heterocycles. The number of methoxy groups -OCH3 is 2. The quantitative estimate of drug-likeness (QED) is 0.627. The van der Waals surface area contributed by atoms with Crippen LogP contribution in [0.1, 0.15) is 46.2 Å². The highest BCUT2D eigenvalue weighted by atomic mass is 32.2. The van der Waals surface area contributed by atoms with Gasteiger partial charge in [0, 0.05) is 21.1 Å². The minimum absolute atomic E-state index is 0. The standard InChI is InChI=1S/C23H34N2O4S.H2/c1-16-11-17(2)18(3)23(12-16)30(26,27)24-8-6-9-25-10-7-19-13-21(28-4)22(29-5)14-20(19)15-25;/h12-14,16,24H,6-11,15H2,1-5H3;1H. The van der Waals surface area contributed by atoms with Crippen molar-refractivity contribution in [2.75, 3.05) is 33.9 Å². The fraction of sp³-hybridized carbons (Fsp3) is 0.565. The van der Waals surface area contributed by atoms with E-state index in [0.29, 0.717) is 11.4 Å². The summed E-state index contributed by atoms with van der Waals surface area (Å²) in [4.78, 5) is 2.81. The van der Waals surface area contributed by atoms with Gasteiger partial charge < -0.3 is 9.47 Å². The summed E-state index contributed by atoms with van der Waals surface area (Å²) in [6.45, 7) is 9.07. The van der Waals surface area contributed by atoms with Crippen molar-refractivity contribution in [1.82, 2.24) is 9.62 Å². The van der Waals surface area contributed by atoms with E-state index in [-0.39, 0.29) is 7.34 Å². The molecule has 1 heterocycles. The Balaban J connectivity index is 0.00000341. The molecule has 1 aliphatic carbocycles. The van der Waals surface area contributed by atoms with E-state index in [0.717, 1.165) is 61.5 Å². The molecule has 0 aromatic heterocycles. The van der Waals surface area contributed by atoms with Crippen LogP contribution in [-0.2, 0) is 23.0 Å². The molecule has 6 nitrogen and oxygen atoms in total. The van der Waals surface area contributed by atoms with Gasteiger partial charge >= 0.3 is 0 Å². The molecule has 1 N–H and O–H groups in total. The highest BCUT2D eigenvalue weighted by Gasteiger charge is 2.25. The Morgan fingerprint density at radius 1 is 1.17 bits per heavy atom. The van der Waals surface area contributed by atoms with Crippen molar-refractivity contribution in [3.8, 4) is 11.5 Å². The predicted octanol–water partition coefficient (Wildman–Crippen LogP) is 3.88. The normalized spacial score (nSPS) is 20.0. The van der Waals surface area contributed by atoms with Crippen LogP contribution in [0.25, 0.3) is 0 Å². The summed E-state index contributed by atoms with van der Waals surface area (Å²) >= 11 is 0. The number of rotatable bonds is 8. The summed E-state index contributed by atoms with van der Waals surface area (Å²) in [5.41, 5.74) is 4.58. The molecule has 1 aromatic rings. The number of sulfonamides is 1. The summed E-state index contributed by atoms with van der Waals surface area (Å²) in [6.07, 6.45) is 4.54. The SMILES string of the molecule is COc1cc2c(cc1OC)CN(CCCNS(=O)(=O)C1=CC(C)CC(C)=C1C)CC2.[HH]. The van der Waals surface area contributed by atoms with Crippen LogP contribution >= 0.6 is 0 Å². The van der Waals surface area contributed by atoms with Gasteiger partial charge in [-0.1, -0.05) is 18.6 Å². The van der Waals surface area contributed by atoms with Crippen LogP contribution in [0.2, 0.25) is 0 Å². The first-order valence-corrected chi connectivity index (χ1v) is 12.1. The van der Waals surface area contributed by atoms with E-state index in [4.69, 9.17) is 9.47 Å². The molecule has 0 spiro atoms. The monoisotopic (exact) mass is 436 g/mol. The van der Waals surface area contributed by atoms with Crippen LogP contribution in [0.4, 0.5) is 0 Å². The molecule has 0 radical (unpaired) electrons. The van der Waals surface area contributed by atoms with Crippen molar-refractivity contribution < 1.29 is 19.3 Å². The minimum Gasteiger partial charge on any atom is -0.493 e. The van der Waals surface area contributed by atoms with Gasteiger partial charge in [-0.2, -0.15) is 0 Å². The van der Waals surface area contributed by atoms with Gasteiger partial charge in [0.25, 0.3) is 0 Å². The fourth-order valence-corrected chi connectivity index (χ4v) is 5.86. The van der Waals surface area contributed by atoms with Crippen LogP contribution in [0.15, 0.2) is 34.3 Å². The van der Waals surface area contributed by atoms with Gasteiger partial charge in [0.2, 0.25) is 10.0 Å². The predicted molar refractivity (Wildman–Crippen MR) is 122 cm³/mol. The first kappa shape index (κ1) is 22.8. The number of benzene rings is 1. The lowest BCUT2D eigenvalue weighted by atomic mass is 9.92. The van der Waals surface area contributed by atoms with E-state index in [9.17, 15) is 8.42 Å². The van der Waals surface area contributed by atoms with E-state index in [1.165, 1.54) is 11.1 Å². The molecule has 7 heteroatoms. The van der Waals surface area contributed by atoms with Gasteiger partial charge in [-0.3, -0.25) is 4.90 Å². The third-order valence-corrected chi connectivity index (χ3v) is 7.71. The van der Waals surface area contributed by atoms with E-state index >= 15 is 0 Å². The van der Waals surface area contributed by atoms with E-state index < -0.39 is 10.0 Å². The minimum atomic E-state index is -3.46. The molecule has 0 fully saturated rings. The number of allylic oxidation sites excluding steroid dienone is 3. The molecule has 0 saturated heterocycles. The zero-order valence-corrected chi connectivity index (χ0v) is 19.6. The molecule has 1 unspecified atom stereocenters. The molecule has 0 bridgehead atoms. The second-order valence-electron chi connectivity index (χ2n) is 8.37. The van der Waals surface area contributed by atoms with Crippen molar-refractivity contribution in [1.29, 1.82) is 0 Å². The maximum atomic E-state index is 12.8. The molecular formula is C23H36N2O4S. The Kier molecular flexibility index (Phi) is 7.26. The number of hydrogen-bond acceptors (Lipinski definition) is 5. The van der Waals surface area contributed by atoms with E-state index in [2.05, 4.69) is 28.7 Å². The molecular weight excluding hydrogens is 400 g/mol. The Morgan fingerprint density at radius 2 is 1.83 bits per heavy atom. The smallest absolute Gasteiger partial charge is 0.240 e. The van der Waals surface area contributed by atoms with Crippen molar-refractivity contribution in [3.05, 3.63) is 45.4 Å².